The third kappa shape index (κ3) is 5.24. The fourth-order valence-electron chi connectivity index (χ4n) is 7.79. The maximum atomic E-state index is 2.50. The zero-order valence-corrected chi connectivity index (χ0v) is 29.2. The second-order valence-electron chi connectivity index (χ2n) is 13.4. The van der Waals surface area contributed by atoms with Gasteiger partial charge in [0.2, 0.25) is 0 Å². The summed E-state index contributed by atoms with van der Waals surface area (Å²) in [6.07, 6.45) is 0. The molecule has 0 unspecified atom stereocenters. The van der Waals surface area contributed by atoms with Gasteiger partial charge in [-0.1, -0.05) is 146 Å². The molecule has 2 heterocycles. The van der Waals surface area contributed by atoms with Crippen LogP contribution in [0.4, 0.5) is 0 Å². The summed E-state index contributed by atoms with van der Waals surface area (Å²) in [7, 11) is 0. The van der Waals surface area contributed by atoms with Crippen LogP contribution in [0.15, 0.2) is 200 Å². The molecule has 10 rings (SSSR count). The van der Waals surface area contributed by atoms with Crippen LogP contribution in [0.3, 0.4) is 0 Å². The van der Waals surface area contributed by atoms with Gasteiger partial charge in [-0.25, -0.2) is 0 Å². The molecule has 0 spiro atoms. The second-order valence-corrected chi connectivity index (χ2v) is 14.3. The zero-order chi connectivity index (χ0) is 34.4. The van der Waals surface area contributed by atoms with E-state index in [-0.39, 0.29) is 0 Å². The lowest BCUT2D eigenvalue weighted by Gasteiger charge is -2.15. The minimum Gasteiger partial charge on any atom is -0.309 e. The van der Waals surface area contributed by atoms with Crippen LogP contribution in [-0.4, -0.2) is 4.57 Å². The third-order valence-electron chi connectivity index (χ3n) is 10.3. The third-order valence-corrected chi connectivity index (χ3v) is 11.2. The molecule has 0 atom stereocenters. The van der Waals surface area contributed by atoms with Crippen molar-refractivity contribution in [2.75, 3.05) is 0 Å². The van der Waals surface area contributed by atoms with E-state index in [2.05, 4.69) is 204 Å². The van der Waals surface area contributed by atoms with Gasteiger partial charge in [0, 0.05) is 26.5 Å². The van der Waals surface area contributed by atoms with Gasteiger partial charge in [0.25, 0.3) is 0 Å². The Balaban J connectivity index is 1.25. The van der Waals surface area contributed by atoms with Gasteiger partial charge >= 0.3 is 0 Å². The first-order chi connectivity index (χ1) is 25.8. The molecule has 52 heavy (non-hydrogen) atoms. The van der Waals surface area contributed by atoms with E-state index in [1.54, 1.807) is 11.3 Å². The smallest absolute Gasteiger partial charge is 0.0627 e. The molecule has 0 aliphatic carbocycles. The molecule has 244 valence electrons. The number of hydrogen-bond donors (Lipinski definition) is 0. The van der Waals surface area contributed by atoms with Crippen molar-refractivity contribution in [3.63, 3.8) is 0 Å². The first-order valence-corrected chi connectivity index (χ1v) is 18.6. The summed E-state index contributed by atoms with van der Waals surface area (Å²) in [5, 5.41) is 6.00. The van der Waals surface area contributed by atoms with E-state index >= 15 is 0 Å². The molecule has 2 aromatic heterocycles. The highest BCUT2D eigenvalue weighted by molar-refractivity contribution is 7.17. The Bertz CT molecular complexity index is 2810. The Morgan fingerprint density at radius 2 is 0.904 bits per heavy atom. The van der Waals surface area contributed by atoms with Crippen LogP contribution >= 0.6 is 11.3 Å². The Hall–Kier alpha value is -6.48. The Morgan fingerprint density at radius 1 is 0.327 bits per heavy atom. The van der Waals surface area contributed by atoms with E-state index in [9.17, 15) is 0 Å². The van der Waals surface area contributed by atoms with Gasteiger partial charge in [-0.15, -0.1) is 11.3 Å². The highest BCUT2D eigenvalue weighted by Crippen LogP contribution is 2.43. The van der Waals surface area contributed by atoms with Crippen molar-refractivity contribution < 1.29 is 0 Å². The number of fused-ring (bicyclic) bond motifs is 5. The molecule has 0 bridgehead atoms. The average molecular weight is 680 g/mol. The molecule has 0 N–H and O–H groups in total. The number of rotatable bonds is 6. The summed E-state index contributed by atoms with van der Waals surface area (Å²) in [6, 6.07) is 70.9. The lowest BCUT2D eigenvalue weighted by Crippen LogP contribution is -1.96. The Kier molecular flexibility index (Phi) is 7.41. The molecular weight excluding hydrogens is 647 g/mol. The molecule has 8 aromatic carbocycles. The van der Waals surface area contributed by atoms with E-state index in [0.29, 0.717) is 0 Å². The van der Waals surface area contributed by atoms with Crippen LogP contribution in [0.2, 0.25) is 0 Å². The van der Waals surface area contributed by atoms with Crippen LogP contribution < -0.4 is 0 Å². The van der Waals surface area contributed by atoms with Crippen LogP contribution in [0.1, 0.15) is 0 Å². The first-order valence-electron chi connectivity index (χ1n) is 17.7. The molecule has 2 heteroatoms. The summed E-state index contributed by atoms with van der Waals surface area (Å²) in [5.74, 6) is 0. The van der Waals surface area contributed by atoms with Crippen LogP contribution in [0.5, 0.6) is 0 Å². The highest BCUT2D eigenvalue weighted by atomic mass is 32.1. The summed E-state index contributed by atoms with van der Waals surface area (Å²) >= 11 is 1.80. The van der Waals surface area contributed by atoms with Crippen LogP contribution in [0, 0.1) is 0 Å². The minimum atomic E-state index is 1.16. The summed E-state index contributed by atoms with van der Waals surface area (Å²) in [5.41, 5.74) is 15.7. The fraction of sp³-hybridized carbons (Fsp3) is 0. The Morgan fingerprint density at radius 3 is 1.54 bits per heavy atom. The molecule has 0 saturated carbocycles. The van der Waals surface area contributed by atoms with Crippen molar-refractivity contribution in [1.82, 2.24) is 4.57 Å². The molecule has 10 aromatic rings. The van der Waals surface area contributed by atoms with E-state index in [1.165, 1.54) is 87.5 Å². The van der Waals surface area contributed by atoms with Gasteiger partial charge in [-0.3, -0.25) is 0 Å². The van der Waals surface area contributed by atoms with E-state index < -0.39 is 0 Å². The minimum absolute atomic E-state index is 1.16. The zero-order valence-electron chi connectivity index (χ0n) is 28.4. The first kappa shape index (κ1) is 30.4. The van der Waals surface area contributed by atoms with Gasteiger partial charge in [0.15, 0.2) is 0 Å². The molecule has 0 aliphatic rings. The molecule has 0 fully saturated rings. The molecular formula is C50H33NS. The predicted octanol–water partition coefficient (Wildman–Crippen LogP) is 14.3. The fourth-order valence-corrected chi connectivity index (χ4v) is 8.58. The number of hydrogen-bond acceptors (Lipinski definition) is 1. The van der Waals surface area contributed by atoms with Crippen molar-refractivity contribution in [2.24, 2.45) is 0 Å². The van der Waals surface area contributed by atoms with Crippen molar-refractivity contribution in [1.29, 1.82) is 0 Å². The largest absolute Gasteiger partial charge is 0.309 e. The summed E-state index contributed by atoms with van der Waals surface area (Å²) in [6.45, 7) is 0. The van der Waals surface area contributed by atoms with Crippen LogP contribution in [-0.2, 0) is 0 Å². The lowest BCUT2D eigenvalue weighted by molar-refractivity contribution is 1.19. The average Bonchev–Trinajstić information content (AvgIpc) is 3.84. The normalized spacial score (nSPS) is 11.5. The standard InChI is InChI=1S/C50H33NS/c1-5-13-34(14-6-1)38-21-23-43(37-19-11-4-12-20-37)46(32-38)39-22-25-48-47(33-39)44-24-26-49-45(27-28-52-49)50(44)51(48)42-30-40(35-15-7-2-8-16-35)29-41(31-42)36-17-9-3-10-18-36/h1-33H. The van der Waals surface area contributed by atoms with Crippen LogP contribution in [0.25, 0.3) is 93.2 Å². The molecule has 0 saturated heterocycles. The monoisotopic (exact) mass is 679 g/mol. The highest BCUT2D eigenvalue weighted by Gasteiger charge is 2.19. The second kappa shape index (κ2) is 12.7. The summed E-state index contributed by atoms with van der Waals surface area (Å²) < 4.78 is 3.79. The van der Waals surface area contributed by atoms with Gasteiger partial charge in [-0.2, -0.15) is 0 Å². The lowest BCUT2D eigenvalue weighted by atomic mass is 9.90. The van der Waals surface area contributed by atoms with Crippen molar-refractivity contribution in [2.45, 2.75) is 0 Å². The number of nitrogens with zero attached hydrogens (tertiary/aromatic N) is 1. The van der Waals surface area contributed by atoms with Gasteiger partial charge in [0.05, 0.1) is 11.0 Å². The number of benzene rings is 8. The molecule has 1 nitrogen and oxygen atoms in total. The van der Waals surface area contributed by atoms with Gasteiger partial charge < -0.3 is 4.57 Å². The topological polar surface area (TPSA) is 4.93 Å². The molecule has 0 aliphatic heterocycles. The van der Waals surface area contributed by atoms with Gasteiger partial charge in [-0.05, 0) is 110 Å². The van der Waals surface area contributed by atoms with E-state index in [4.69, 9.17) is 0 Å². The SMILES string of the molecule is c1ccc(-c2cc(-c3ccccc3)cc(-n3c4ccc(-c5cc(-c6ccccc6)ccc5-c5ccccc5)cc4c4ccc5sccc5c43)c2)cc1. The van der Waals surface area contributed by atoms with Crippen molar-refractivity contribution >= 4 is 43.2 Å². The quantitative estimate of drug-likeness (QED) is 0.165. The van der Waals surface area contributed by atoms with E-state index in [0.717, 1.165) is 5.69 Å². The Labute approximate surface area is 307 Å². The number of aromatic nitrogens is 1. The molecule has 0 amide bonds. The maximum Gasteiger partial charge on any atom is 0.0627 e. The maximum absolute atomic E-state index is 2.50. The summed E-state index contributed by atoms with van der Waals surface area (Å²) in [4.78, 5) is 0. The van der Waals surface area contributed by atoms with Gasteiger partial charge in [0.1, 0.15) is 0 Å². The molecule has 0 radical (unpaired) electrons. The van der Waals surface area contributed by atoms with Crippen molar-refractivity contribution in [3.05, 3.63) is 200 Å². The predicted molar refractivity (Wildman–Crippen MR) is 223 cm³/mol. The van der Waals surface area contributed by atoms with E-state index in [1.807, 2.05) is 0 Å². The number of thiophene rings is 1. The van der Waals surface area contributed by atoms with Crippen molar-refractivity contribution in [3.8, 4) is 61.3 Å².